The molecule has 0 spiro atoms. The minimum atomic E-state index is -2.19. The van der Waals surface area contributed by atoms with Crippen LogP contribution in [0.5, 0.6) is 0 Å². The molecule has 4 nitrogen and oxygen atoms in total. The average Bonchev–Trinajstić information content (AvgIpc) is 3.00. The van der Waals surface area contributed by atoms with Gasteiger partial charge in [-0.2, -0.15) is 11.3 Å². The van der Waals surface area contributed by atoms with E-state index in [9.17, 15) is 19.8 Å². The van der Waals surface area contributed by atoms with Crippen LogP contribution in [0, 0.1) is 0 Å². The first-order valence-electron chi connectivity index (χ1n) is 6.22. The zero-order chi connectivity index (χ0) is 13.9. The molecular weight excluding hydrogens is 264 g/mol. The van der Waals surface area contributed by atoms with E-state index >= 15 is 0 Å². The van der Waals surface area contributed by atoms with Gasteiger partial charge in [-0.15, -0.1) is 0 Å². The zero-order valence-corrected chi connectivity index (χ0v) is 11.2. The molecule has 102 valence electrons. The van der Waals surface area contributed by atoms with Gasteiger partial charge in [-0.05, 0) is 53.6 Å². The Labute approximate surface area is 115 Å². The molecule has 5 heteroatoms. The average molecular weight is 280 g/mol. The van der Waals surface area contributed by atoms with Crippen LogP contribution in [0.3, 0.4) is 0 Å². The fourth-order valence-corrected chi connectivity index (χ4v) is 2.95. The maximum atomic E-state index is 12.2. The third-order valence-corrected chi connectivity index (χ3v) is 4.14. The number of thiophene rings is 1. The molecule has 0 saturated heterocycles. The summed E-state index contributed by atoms with van der Waals surface area (Å²) in [4.78, 5) is 23.4. The van der Waals surface area contributed by atoms with Crippen LogP contribution in [-0.2, 0) is 9.59 Å². The summed E-state index contributed by atoms with van der Waals surface area (Å²) < 4.78 is 0. The summed E-state index contributed by atoms with van der Waals surface area (Å²) in [6.07, 6.45) is 3.58. The molecule has 0 aromatic carbocycles. The van der Waals surface area contributed by atoms with Gasteiger partial charge in [0.25, 0.3) is 0 Å². The SMILES string of the molecule is O=CC(O)(C(=O)C(O)c1ccsc1)C1=CCCCC1. The van der Waals surface area contributed by atoms with E-state index in [0.717, 1.165) is 19.3 Å². The molecule has 0 saturated carbocycles. The van der Waals surface area contributed by atoms with Crippen molar-refractivity contribution < 1.29 is 19.8 Å². The maximum Gasteiger partial charge on any atom is 0.208 e. The smallest absolute Gasteiger partial charge is 0.208 e. The van der Waals surface area contributed by atoms with Gasteiger partial charge < -0.3 is 10.2 Å². The van der Waals surface area contributed by atoms with Crippen molar-refractivity contribution in [1.82, 2.24) is 0 Å². The third-order valence-electron chi connectivity index (χ3n) is 3.43. The lowest BCUT2D eigenvalue weighted by atomic mass is 9.81. The summed E-state index contributed by atoms with van der Waals surface area (Å²) in [6, 6.07) is 1.60. The van der Waals surface area contributed by atoms with Crippen molar-refractivity contribution in [3.05, 3.63) is 34.0 Å². The first-order valence-corrected chi connectivity index (χ1v) is 7.16. The van der Waals surface area contributed by atoms with Crippen LogP contribution in [0.15, 0.2) is 28.5 Å². The number of ketones is 1. The van der Waals surface area contributed by atoms with Crippen molar-refractivity contribution in [3.63, 3.8) is 0 Å². The molecule has 1 aromatic rings. The van der Waals surface area contributed by atoms with Crippen LogP contribution in [-0.4, -0.2) is 27.9 Å². The van der Waals surface area contributed by atoms with Gasteiger partial charge >= 0.3 is 0 Å². The van der Waals surface area contributed by atoms with E-state index in [0.29, 0.717) is 17.6 Å². The second kappa shape index (κ2) is 5.77. The lowest BCUT2D eigenvalue weighted by Gasteiger charge is -2.28. The van der Waals surface area contributed by atoms with Gasteiger partial charge in [0.2, 0.25) is 11.4 Å². The van der Waals surface area contributed by atoms with Crippen molar-refractivity contribution in [1.29, 1.82) is 0 Å². The number of carbonyl (C=O) groups is 2. The molecule has 1 aromatic heterocycles. The number of aliphatic hydroxyl groups is 2. The molecular formula is C14H16O4S. The molecule has 1 heterocycles. The topological polar surface area (TPSA) is 74.6 Å². The Morgan fingerprint density at radius 1 is 1.47 bits per heavy atom. The Morgan fingerprint density at radius 3 is 2.79 bits per heavy atom. The standard InChI is InChI=1S/C14H16O4S/c15-9-14(18,11-4-2-1-3-5-11)13(17)12(16)10-6-7-19-8-10/h4,6-9,12,16,18H,1-3,5H2. The number of aliphatic hydroxyl groups excluding tert-OH is 1. The van der Waals surface area contributed by atoms with Crippen LogP contribution in [0.4, 0.5) is 0 Å². The zero-order valence-electron chi connectivity index (χ0n) is 10.4. The third kappa shape index (κ3) is 2.68. The van der Waals surface area contributed by atoms with Crippen LogP contribution in [0.2, 0.25) is 0 Å². The van der Waals surface area contributed by atoms with E-state index in [1.165, 1.54) is 11.3 Å². The van der Waals surface area contributed by atoms with E-state index in [4.69, 9.17) is 0 Å². The van der Waals surface area contributed by atoms with Crippen LogP contribution < -0.4 is 0 Å². The number of Topliss-reactive ketones (excluding diaryl/α,β-unsaturated/α-hetero) is 1. The second-order valence-electron chi connectivity index (χ2n) is 4.68. The Bertz CT molecular complexity index is 492. The Kier molecular flexibility index (Phi) is 4.29. The molecule has 2 atom stereocenters. The predicted octanol–water partition coefficient (Wildman–Crippen LogP) is 1.78. The number of allylic oxidation sites excluding steroid dienone is 1. The molecule has 1 aliphatic carbocycles. The van der Waals surface area contributed by atoms with E-state index < -0.39 is 17.5 Å². The van der Waals surface area contributed by atoms with E-state index in [2.05, 4.69) is 0 Å². The number of hydrogen-bond donors (Lipinski definition) is 2. The lowest BCUT2D eigenvalue weighted by Crippen LogP contribution is -2.45. The normalized spacial score (nSPS) is 20.2. The first-order chi connectivity index (χ1) is 9.09. The van der Waals surface area contributed by atoms with Crippen molar-refractivity contribution in [3.8, 4) is 0 Å². The van der Waals surface area contributed by atoms with Crippen molar-refractivity contribution >= 4 is 23.4 Å². The molecule has 0 bridgehead atoms. The molecule has 0 radical (unpaired) electrons. The van der Waals surface area contributed by atoms with Crippen LogP contribution in [0.25, 0.3) is 0 Å². The van der Waals surface area contributed by atoms with Gasteiger partial charge in [-0.1, -0.05) is 6.08 Å². The highest BCUT2D eigenvalue weighted by Crippen LogP contribution is 2.31. The van der Waals surface area contributed by atoms with Crippen molar-refractivity contribution in [2.24, 2.45) is 0 Å². The Balaban J connectivity index is 2.27. The Hall–Kier alpha value is -1.30. The molecule has 2 unspecified atom stereocenters. The first kappa shape index (κ1) is 14.1. The number of rotatable bonds is 5. The van der Waals surface area contributed by atoms with Crippen LogP contribution >= 0.6 is 11.3 Å². The van der Waals surface area contributed by atoms with Crippen molar-refractivity contribution in [2.75, 3.05) is 0 Å². The quantitative estimate of drug-likeness (QED) is 0.490. The lowest BCUT2D eigenvalue weighted by molar-refractivity contribution is -0.147. The summed E-state index contributed by atoms with van der Waals surface area (Å²) in [7, 11) is 0. The van der Waals surface area contributed by atoms with Crippen molar-refractivity contribution in [2.45, 2.75) is 37.4 Å². The van der Waals surface area contributed by atoms with Crippen LogP contribution in [0.1, 0.15) is 37.4 Å². The minimum Gasteiger partial charge on any atom is -0.380 e. The summed E-state index contributed by atoms with van der Waals surface area (Å²) >= 11 is 1.34. The number of hydrogen-bond acceptors (Lipinski definition) is 5. The maximum absolute atomic E-state index is 12.2. The van der Waals surface area contributed by atoms with Gasteiger partial charge in [0.1, 0.15) is 6.10 Å². The summed E-state index contributed by atoms with van der Waals surface area (Å²) in [5.74, 6) is -0.867. The summed E-state index contributed by atoms with van der Waals surface area (Å²) in [5.41, 5.74) is -1.37. The minimum absolute atomic E-state index is 0.238. The monoisotopic (exact) mass is 280 g/mol. The summed E-state index contributed by atoms with van der Waals surface area (Å²) in [5, 5.41) is 23.7. The highest BCUT2D eigenvalue weighted by molar-refractivity contribution is 7.08. The highest BCUT2D eigenvalue weighted by atomic mass is 32.1. The molecule has 19 heavy (non-hydrogen) atoms. The highest BCUT2D eigenvalue weighted by Gasteiger charge is 2.43. The molecule has 1 aliphatic rings. The van der Waals surface area contributed by atoms with Gasteiger partial charge in [0, 0.05) is 0 Å². The molecule has 0 fully saturated rings. The van der Waals surface area contributed by atoms with E-state index in [1.807, 2.05) is 0 Å². The van der Waals surface area contributed by atoms with Gasteiger partial charge in [-0.3, -0.25) is 9.59 Å². The predicted molar refractivity (Wildman–Crippen MR) is 71.9 cm³/mol. The number of carbonyl (C=O) groups excluding carboxylic acids is 2. The fraction of sp³-hybridized carbons (Fsp3) is 0.429. The molecule has 2 N–H and O–H groups in total. The van der Waals surface area contributed by atoms with Gasteiger partial charge in [0.15, 0.2) is 6.29 Å². The molecule has 2 rings (SSSR count). The molecule has 0 amide bonds. The number of aldehydes is 1. The van der Waals surface area contributed by atoms with Gasteiger partial charge in [-0.25, -0.2) is 0 Å². The van der Waals surface area contributed by atoms with E-state index in [1.54, 1.807) is 22.9 Å². The van der Waals surface area contributed by atoms with Gasteiger partial charge in [0.05, 0.1) is 0 Å². The fourth-order valence-electron chi connectivity index (χ4n) is 2.27. The Morgan fingerprint density at radius 2 is 2.26 bits per heavy atom. The second-order valence-corrected chi connectivity index (χ2v) is 5.46. The summed E-state index contributed by atoms with van der Waals surface area (Å²) in [6.45, 7) is 0. The molecule has 0 aliphatic heterocycles. The largest absolute Gasteiger partial charge is 0.380 e. The van der Waals surface area contributed by atoms with E-state index in [-0.39, 0.29) is 6.29 Å².